The topological polar surface area (TPSA) is 0 Å². The third kappa shape index (κ3) is 10.8. The molecule has 0 bridgehead atoms. The summed E-state index contributed by atoms with van der Waals surface area (Å²) in [5.74, 6) is 0. The molecule has 0 heterocycles. The number of hydrogen-bond donors (Lipinski definition) is 0. The Kier molecular flexibility index (Phi) is 10.7. The average molecular weight is 315 g/mol. The van der Waals surface area contributed by atoms with E-state index < -0.39 is 43.0 Å². The second-order valence-electron chi connectivity index (χ2n) is 1.10. The summed E-state index contributed by atoms with van der Waals surface area (Å²) in [6, 6.07) is 0. The zero-order chi connectivity index (χ0) is 9.71. The van der Waals surface area contributed by atoms with Gasteiger partial charge in [-0.3, -0.25) is 0 Å². The van der Waals surface area contributed by atoms with Gasteiger partial charge in [0.15, 0.2) is 0 Å². The normalized spacial score (nSPS) is 11.3. The van der Waals surface area contributed by atoms with Crippen LogP contribution in [0.15, 0.2) is 0 Å². The zero-order valence-electron chi connectivity index (χ0n) is 4.73. The molecule has 0 aromatic carbocycles. The predicted octanol–water partition coefficient (Wildman–Crippen LogP) is 4.19. The molecule has 0 fully saturated rings. The number of rotatable bonds is 0. The summed E-state index contributed by atoms with van der Waals surface area (Å²) < 4.78 is 15.9. The molecule has 0 spiro atoms. The molecule has 0 atom stereocenters. The molecule has 0 amide bonds. The number of hydrogen-bond acceptors (Lipinski definition) is 0. The van der Waals surface area contributed by atoms with E-state index >= 15 is 0 Å². The van der Waals surface area contributed by atoms with Crippen LogP contribution in [-0.2, 0) is 0 Å². The monoisotopic (exact) mass is 312 g/mol. The first-order valence-electron chi connectivity index (χ1n) is 1.92. The zero-order valence-corrected chi connectivity index (χ0v) is 11.5. The van der Waals surface area contributed by atoms with E-state index in [-0.39, 0.29) is 0 Å². The van der Waals surface area contributed by atoms with Crippen molar-refractivity contribution in [3.05, 3.63) is 0 Å². The Morgan fingerprint density at radius 3 is 0.818 bits per heavy atom. The van der Waals surface area contributed by atoms with Crippen molar-refractivity contribution in [3.8, 4) is 0 Å². The van der Waals surface area contributed by atoms with Gasteiger partial charge in [-0.25, -0.2) is 0 Å². The first kappa shape index (κ1) is 16.3. The molecule has 0 aromatic heterocycles. The van der Waals surface area contributed by atoms with Gasteiger partial charge in [-0.2, -0.15) is 0 Å². The Balaban J connectivity index is 0. The molecule has 0 aliphatic carbocycles. The third-order valence-electron chi connectivity index (χ3n) is 0.321. The van der Waals surface area contributed by atoms with E-state index in [0.29, 0.717) is 0 Å². The Labute approximate surface area is 113 Å². The fraction of sp³-hybridized carbons (Fsp3) is 1.00. The van der Waals surface area contributed by atoms with Gasteiger partial charge in [-0.15, -0.1) is 0 Å². The molecule has 66 valence electrons. The molecule has 0 aliphatic heterocycles. The van der Waals surface area contributed by atoms with Crippen molar-refractivity contribution in [3.63, 3.8) is 0 Å². The van der Waals surface area contributed by atoms with Crippen LogP contribution in [0.1, 0.15) is 0 Å². The van der Waals surface area contributed by atoms with Gasteiger partial charge in [-0.1, -0.05) is 69.6 Å². The van der Waals surface area contributed by atoms with Crippen LogP contribution in [0.25, 0.3) is 0 Å². The van der Waals surface area contributed by atoms with Crippen molar-refractivity contribution in [2.24, 2.45) is 0 Å². The van der Waals surface area contributed by atoms with Gasteiger partial charge in [0.1, 0.15) is 0 Å². The molecule has 0 N–H and O–H groups in total. The van der Waals surface area contributed by atoms with Gasteiger partial charge in [0, 0.05) is 0 Å². The van der Waals surface area contributed by atoms with Gasteiger partial charge < -0.3 is 0 Å². The van der Waals surface area contributed by atoms with E-state index in [9.17, 15) is 2.73 Å². The second-order valence-corrected chi connectivity index (χ2v) is 5.97. The van der Waals surface area contributed by atoms with Gasteiger partial charge in [-0.05, 0) is 0 Å². The Hall–Kier alpha value is 2.86. The van der Waals surface area contributed by atoms with Crippen LogP contribution in [0.5, 0.6) is 0 Å². The van der Waals surface area contributed by atoms with E-state index in [2.05, 4.69) is 0 Å². The molecule has 0 nitrogen and oxygen atoms in total. The molecular weight excluding hydrogens is 315 g/mol. The molecule has 0 aromatic rings. The van der Waals surface area contributed by atoms with Crippen LogP contribution in [0.2, 0.25) is 0 Å². The number of alkyl halides is 6. The Morgan fingerprint density at radius 1 is 0.727 bits per heavy atom. The summed E-state index contributed by atoms with van der Waals surface area (Å²) in [5, 5.41) is 0. The van der Waals surface area contributed by atoms with Gasteiger partial charge >= 0.3 is 38.1 Å². The summed E-state index contributed by atoms with van der Waals surface area (Å²) in [6.07, 6.45) is 0. The van der Waals surface area contributed by atoms with Crippen LogP contribution >= 0.6 is 69.6 Å². The first-order chi connectivity index (χ1) is 4.66. The van der Waals surface area contributed by atoms with E-state index in [1.54, 1.807) is 0 Å². The van der Waals surface area contributed by atoms with E-state index in [1.165, 1.54) is 0 Å². The summed E-state index contributed by atoms with van der Waals surface area (Å²) in [5.41, 5.74) is 0. The summed E-state index contributed by atoms with van der Waals surface area (Å²) in [7, 11) is 0. The Morgan fingerprint density at radius 2 is 0.818 bits per heavy atom. The minimum atomic E-state index is -2.88. The van der Waals surface area contributed by atoms with Crippen LogP contribution in [0.3, 0.4) is 0 Å². The third-order valence-corrected chi connectivity index (χ3v) is 2.89. The maximum atomic E-state index is 9.81. The second kappa shape index (κ2) is 7.19. The van der Waals surface area contributed by atoms with Crippen molar-refractivity contribution in [1.82, 2.24) is 0 Å². The van der Waals surface area contributed by atoms with Crippen LogP contribution < -0.4 is 0 Å². The molecule has 0 saturated heterocycles. The summed E-state index contributed by atoms with van der Waals surface area (Å²) >= 11 is 28.0. The molecule has 9 heteroatoms. The maximum absolute atomic E-state index is 9.81. The SMILES string of the molecule is ClC(Cl)(Cl)C(Cl)(Cl)Cl.[F][Ca][F]. The van der Waals surface area contributed by atoms with Crippen molar-refractivity contribution in [2.45, 2.75) is 7.59 Å². The molecule has 0 rings (SSSR count). The van der Waals surface area contributed by atoms with Gasteiger partial charge in [0.05, 0.1) is 0 Å². The van der Waals surface area contributed by atoms with Crippen LogP contribution in [-0.4, -0.2) is 43.0 Å². The number of halogens is 8. The van der Waals surface area contributed by atoms with E-state index in [0.717, 1.165) is 0 Å². The fourth-order valence-corrected chi connectivity index (χ4v) is 0. The summed E-state index contributed by atoms with van der Waals surface area (Å²) in [4.78, 5) is 0. The molecule has 11 heavy (non-hydrogen) atoms. The predicted molar refractivity (Wildman–Crippen MR) is 48.5 cm³/mol. The fourth-order valence-electron chi connectivity index (χ4n) is 0. The van der Waals surface area contributed by atoms with E-state index in [1.807, 2.05) is 0 Å². The minimum absolute atomic E-state index is 1.85. The van der Waals surface area contributed by atoms with Crippen molar-refractivity contribution >= 4 is 105 Å². The van der Waals surface area contributed by atoms with Crippen molar-refractivity contribution in [2.75, 3.05) is 0 Å². The average Bonchev–Trinajstić information content (AvgIpc) is 1.60. The molecule has 0 saturated carbocycles. The molecular formula is C2CaCl6F2. The quantitative estimate of drug-likeness (QED) is 0.464. The van der Waals surface area contributed by atoms with Gasteiger partial charge in [0.25, 0.3) is 0 Å². The van der Waals surface area contributed by atoms with Gasteiger partial charge in [0.2, 0.25) is 7.59 Å². The van der Waals surface area contributed by atoms with Crippen molar-refractivity contribution in [1.29, 1.82) is 0 Å². The Bertz CT molecular complexity index is 83.7. The van der Waals surface area contributed by atoms with Crippen LogP contribution in [0.4, 0.5) is 2.73 Å². The summed E-state index contributed by atoms with van der Waals surface area (Å²) in [6.45, 7) is 0. The standard InChI is InChI=1S/C2Cl6.Ca.2FH/c3-1(4,5)2(6,7)8;;;/h;;2*1H/q;+2;;/p-2. The van der Waals surface area contributed by atoms with Crippen LogP contribution in [0, 0.1) is 0 Å². The molecule has 0 unspecified atom stereocenters. The van der Waals surface area contributed by atoms with E-state index in [4.69, 9.17) is 69.6 Å². The molecule has 0 aliphatic rings. The first-order valence-corrected chi connectivity index (χ1v) is 5.86. The van der Waals surface area contributed by atoms with Crippen molar-refractivity contribution < 1.29 is 2.73 Å². The molecule has 0 radical (unpaired) electrons.